The third-order valence-electron chi connectivity index (χ3n) is 5.90. The average Bonchev–Trinajstić information content (AvgIpc) is 2.87. The Kier molecular flexibility index (Phi) is 9.12. The number of hydrogen-bond donors (Lipinski definition) is 2. The lowest BCUT2D eigenvalue weighted by Gasteiger charge is -2.34. The highest BCUT2D eigenvalue weighted by Crippen LogP contribution is 2.20. The molecule has 8 heteroatoms. The fourth-order valence-corrected chi connectivity index (χ4v) is 3.91. The van der Waals surface area contributed by atoms with Crippen LogP contribution in [0.4, 0.5) is 4.79 Å². The van der Waals surface area contributed by atoms with E-state index in [2.05, 4.69) is 0 Å². The number of ether oxygens (including phenoxy) is 1. The number of aromatic hydroxyl groups is 1. The van der Waals surface area contributed by atoms with Crippen LogP contribution in [0.15, 0.2) is 78.9 Å². The van der Waals surface area contributed by atoms with E-state index in [1.165, 1.54) is 29.2 Å². The largest absolute Gasteiger partial charge is 0.508 e. The van der Waals surface area contributed by atoms with Gasteiger partial charge >= 0.3 is 12.1 Å². The Hall–Kier alpha value is -4.33. The molecule has 0 unspecified atom stereocenters. The van der Waals surface area contributed by atoms with E-state index in [1.54, 1.807) is 57.0 Å². The number of rotatable bonds is 9. The second-order valence-corrected chi connectivity index (χ2v) is 10.2. The zero-order valence-corrected chi connectivity index (χ0v) is 22.1. The van der Waals surface area contributed by atoms with Gasteiger partial charge in [0.25, 0.3) is 0 Å². The minimum Gasteiger partial charge on any atom is -0.508 e. The number of benzene rings is 3. The number of carboxylic acid groups (broad SMARTS) is 1. The molecule has 3 rings (SSSR count). The van der Waals surface area contributed by atoms with Crippen LogP contribution < -0.4 is 0 Å². The van der Waals surface area contributed by atoms with Gasteiger partial charge in [-0.1, -0.05) is 54.6 Å². The average molecular weight is 519 g/mol. The molecule has 0 aromatic heterocycles. The van der Waals surface area contributed by atoms with Gasteiger partial charge in [-0.2, -0.15) is 0 Å². The summed E-state index contributed by atoms with van der Waals surface area (Å²) in [6.07, 6.45) is -0.418. The van der Waals surface area contributed by atoms with E-state index < -0.39 is 23.7 Å². The summed E-state index contributed by atoms with van der Waals surface area (Å²) >= 11 is 0. The molecule has 200 valence electrons. The maximum Gasteiger partial charge on any atom is 0.410 e. The lowest BCUT2D eigenvalue weighted by Crippen LogP contribution is -2.51. The molecular formula is C30H34N2O6. The van der Waals surface area contributed by atoms with Crippen LogP contribution in [-0.2, 0) is 29.0 Å². The first-order chi connectivity index (χ1) is 17.9. The van der Waals surface area contributed by atoms with Gasteiger partial charge in [-0.3, -0.25) is 9.69 Å². The fraction of sp³-hybridized carbons (Fsp3) is 0.300. The van der Waals surface area contributed by atoms with Gasteiger partial charge in [-0.15, -0.1) is 0 Å². The van der Waals surface area contributed by atoms with E-state index in [0.29, 0.717) is 0 Å². The summed E-state index contributed by atoms with van der Waals surface area (Å²) in [4.78, 5) is 41.4. The zero-order chi connectivity index (χ0) is 27.9. The molecule has 0 radical (unpaired) electrons. The zero-order valence-electron chi connectivity index (χ0n) is 22.1. The molecule has 0 aliphatic rings. The minimum atomic E-state index is -1.03. The Morgan fingerprint density at radius 2 is 1.34 bits per heavy atom. The lowest BCUT2D eigenvalue weighted by atomic mass is 10.0. The highest BCUT2D eigenvalue weighted by atomic mass is 16.6. The fourth-order valence-electron chi connectivity index (χ4n) is 3.91. The van der Waals surface area contributed by atoms with E-state index in [-0.39, 0.29) is 36.7 Å². The number of likely N-dealkylation sites (N-methyl/N-ethyl adjacent to an activating group) is 1. The maximum atomic E-state index is 14.1. The van der Waals surface area contributed by atoms with Gasteiger partial charge < -0.3 is 19.8 Å². The van der Waals surface area contributed by atoms with Gasteiger partial charge in [0.2, 0.25) is 5.91 Å². The van der Waals surface area contributed by atoms with Crippen LogP contribution in [0.1, 0.15) is 47.8 Å². The van der Waals surface area contributed by atoms with E-state index in [9.17, 15) is 24.6 Å². The van der Waals surface area contributed by atoms with Crippen LogP contribution in [0.25, 0.3) is 0 Å². The van der Waals surface area contributed by atoms with Crippen molar-refractivity contribution in [3.8, 4) is 5.75 Å². The molecule has 2 amide bonds. The number of aromatic carboxylic acids is 1. The summed E-state index contributed by atoms with van der Waals surface area (Å²) in [7, 11) is 1.54. The summed E-state index contributed by atoms with van der Waals surface area (Å²) in [5.41, 5.74) is 1.84. The minimum absolute atomic E-state index is 0.104. The molecule has 0 aliphatic heterocycles. The predicted octanol–water partition coefficient (Wildman–Crippen LogP) is 5.10. The van der Waals surface area contributed by atoms with Gasteiger partial charge in [-0.25, -0.2) is 9.59 Å². The van der Waals surface area contributed by atoms with Crippen molar-refractivity contribution in [2.45, 2.75) is 51.9 Å². The van der Waals surface area contributed by atoms with Crippen LogP contribution in [-0.4, -0.2) is 56.7 Å². The van der Waals surface area contributed by atoms with Crippen LogP contribution in [0, 0.1) is 0 Å². The third kappa shape index (κ3) is 8.09. The number of amides is 2. The number of carbonyl (C=O) groups excluding carboxylic acids is 2. The van der Waals surface area contributed by atoms with Crippen molar-refractivity contribution in [3.05, 3.63) is 101 Å². The summed E-state index contributed by atoms with van der Waals surface area (Å²) in [6.45, 7) is 5.78. The topological polar surface area (TPSA) is 107 Å². The Balaban J connectivity index is 1.96. The molecule has 3 aromatic rings. The first kappa shape index (κ1) is 28.2. The standard InChI is InChI=1S/C30H34N2O6/c1-30(2,3)38-29(37)31(4)26(18-21-12-16-25(33)17-13-21)27(34)32(19-22-8-6-5-7-9-22)20-23-10-14-24(15-11-23)28(35)36/h5-17,26,33H,18-20H2,1-4H3,(H,35,36)/t26-/m0/s1. The highest BCUT2D eigenvalue weighted by molar-refractivity contribution is 5.88. The van der Waals surface area contributed by atoms with E-state index in [4.69, 9.17) is 4.74 Å². The Morgan fingerprint density at radius 3 is 1.87 bits per heavy atom. The summed E-state index contributed by atoms with van der Waals surface area (Å²) in [5, 5.41) is 18.9. The first-order valence-electron chi connectivity index (χ1n) is 12.3. The van der Waals surface area contributed by atoms with E-state index >= 15 is 0 Å². The second kappa shape index (κ2) is 12.3. The highest BCUT2D eigenvalue weighted by Gasteiger charge is 2.33. The molecule has 3 aromatic carbocycles. The lowest BCUT2D eigenvalue weighted by molar-refractivity contribution is -0.137. The van der Waals surface area contributed by atoms with Crippen molar-refractivity contribution < 1.29 is 29.3 Å². The third-order valence-corrected chi connectivity index (χ3v) is 5.90. The summed E-state index contributed by atoms with van der Waals surface area (Å²) in [6, 6.07) is 21.5. The second-order valence-electron chi connectivity index (χ2n) is 10.2. The molecule has 0 saturated heterocycles. The normalized spacial score (nSPS) is 11.9. The molecule has 0 heterocycles. The molecule has 0 fully saturated rings. The number of phenolic OH excluding ortho intramolecular Hbond substituents is 1. The van der Waals surface area contributed by atoms with E-state index in [1.807, 2.05) is 30.3 Å². The predicted molar refractivity (Wildman–Crippen MR) is 144 cm³/mol. The molecular weight excluding hydrogens is 484 g/mol. The number of phenols is 1. The van der Waals surface area contributed by atoms with Gasteiger partial charge in [0.1, 0.15) is 17.4 Å². The van der Waals surface area contributed by atoms with Crippen molar-refractivity contribution in [1.82, 2.24) is 9.80 Å². The van der Waals surface area contributed by atoms with Crippen molar-refractivity contribution in [3.63, 3.8) is 0 Å². The van der Waals surface area contributed by atoms with Gasteiger partial charge in [0.15, 0.2) is 0 Å². The molecule has 1 atom stereocenters. The molecule has 0 spiro atoms. The molecule has 0 bridgehead atoms. The Bertz CT molecular complexity index is 1230. The van der Waals surface area contributed by atoms with Gasteiger partial charge in [0.05, 0.1) is 5.56 Å². The maximum absolute atomic E-state index is 14.1. The molecule has 8 nitrogen and oxygen atoms in total. The van der Waals surface area contributed by atoms with Gasteiger partial charge in [0, 0.05) is 26.6 Å². The van der Waals surface area contributed by atoms with Crippen molar-refractivity contribution in [1.29, 1.82) is 0 Å². The smallest absolute Gasteiger partial charge is 0.410 e. The number of nitrogens with zero attached hydrogens (tertiary/aromatic N) is 2. The van der Waals surface area contributed by atoms with Crippen LogP contribution in [0.3, 0.4) is 0 Å². The Morgan fingerprint density at radius 1 is 0.816 bits per heavy atom. The molecule has 2 N–H and O–H groups in total. The van der Waals surface area contributed by atoms with Gasteiger partial charge in [-0.05, 0) is 61.7 Å². The molecule has 0 aliphatic carbocycles. The molecule has 38 heavy (non-hydrogen) atoms. The summed E-state index contributed by atoms with van der Waals surface area (Å²) in [5.74, 6) is -1.22. The SMILES string of the molecule is CN(C(=O)OC(C)(C)C)[C@@H](Cc1ccc(O)cc1)C(=O)N(Cc1ccccc1)Cc1ccc(C(=O)O)cc1. The van der Waals surface area contributed by atoms with Crippen LogP contribution in [0.5, 0.6) is 5.75 Å². The number of carbonyl (C=O) groups is 3. The van der Waals surface area contributed by atoms with Crippen LogP contribution >= 0.6 is 0 Å². The number of carboxylic acids is 1. The van der Waals surface area contributed by atoms with E-state index in [0.717, 1.165) is 16.7 Å². The molecule has 0 saturated carbocycles. The summed E-state index contributed by atoms with van der Waals surface area (Å²) < 4.78 is 5.56. The number of hydrogen-bond acceptors (Lipinski definition) is 5. The monoisotopic (exact) mass is 518 g/mol. The van der Waals surface area contributed by atoms with Crippen molar-refractivity contribution in [2.24, 2.45) is 0 Å². The van der Waals surface area contributed by atoms with Crippen LogP contribution in [0.2, 0.25) is 0 Å². The van der Waals surface area contributed by atoms with Crippen molar-refractivity contribution >= 4 is 18.0 Å². The first-order valence-corrected chi connectivity index (χ1v) is 12.3. The quantitative estimate of drug-likeness (QED) is 0.408. The van der Waals surface area contributed by atoms with Crippen molar-refractivity contribution in [2.75, 3.05) is 7.05 Å². The Labute approximate surface area is 223 Å².